The van der Waals surface area contributed by atoms with Gasteiger partial charge in [-0.2, -0.15) is 5.26 Å². The van der Waals surface area contributed by atoms with Gasteiger partial charge in [-0.15, -0.1) is 0 Å². The lowest BCUT2D eigenvalue weighted by molar-refractivity contribution is -0.141. The average Bonchev–Trinajstić information content (AvgIpc) is 3.01. The van der Waals surface area contributed by atoms with E-state index < -0.39 is 11.8 Å². The fourth-order valence-corrected chi connectivity index (χ4v) is 5.98. The molecule has 0 N–H and O–H groups in total. The molecule has 2 rings (SSSR count). The van der Waals surface area contributed by atoms with Crippen LogP contribution in [-0.2, 0) is 9.59 Å². The van der Waals surface area contributed by atoms with Gasteiger partial charge in [0.1, 0.15) is 17.4 Å². The van der Waals surface area contributed by atoms with Gasteiger partial charge in [0.05, 0.1) is 5.69 Å². The molecule has 0 bridgehead atoms. The molecule has 1 aromatic carbocycles. The van der Waals surface area contributed by atoms with E-state index in [1.54, 1.807) is 0 Å². The van der Waals surface area contributed by atoms with E-state index in [2.05, 4.69) is 50.8 Å². The van der Waals surface area contributed by atoms with Crippen molar-refractivity contribution in [2.75, 3.05) is 18.0 Å². The molecule has 4 unspecified atom stereocenters. The second-order valence-corrected chi connectivity index (χ2v) is 12.6. The molecule has 0 aromatic heterocycles. The first kappa shape index (κ1) is 36.3. The van der Waals surface area contributed by atoms with Crippen molar-refractivity contribution in [3.8, 4) is 6.07 Å². The summed E-state index contributed by atoms with van der Waals surface area (Å²) in [5, 5.41) is 10.0. The average molecular weight is 591 g/mol. The number of aliphatic imine (C=N–C) groups is 1. The number of imide groups is 1. The molecule has 4 atom stereocenters. The van der Waals surface area contributed by atoms with Crippen molar-refractivity contribution in [3.05, 3.63) is 34.9 Å². The van der Waals surface area contributed by atoms with Gasteiger partial charge in [0, 0.05) is 30.4 Å². The molecule has 0 saturated carbocycles. The molecule has 1 heterocycles. The Morgan fingerprint density at radius 1 is 0.860 bits per heavy atom. The minimum atomic E-state index is -0.499. The summed E-state index contributed by atoms with van der Waals surface area (Å²) in [5.41, 5.74) is 3.65. The normalized spacial score (nSPS) is 17.7. The van der Waals surface area contributed by atoms with Gasteiger partial charge < -0.3 is 4.90 Å². The lowest BCUT2D eigenvalue weighted by atomic mass is 9.85. The summed E-state index contributed by atoms with van der Waals surface area (Å²) in [6.45, 7) is 21.0. The Kier molecular flexibility index (Phi) is 15.2. The third-order valence-electron chi connectivity index (χ3n) is 9.45. The first-order chi connectivity index (χ1) is 20.6. The second-order valence-electron chi connectivity index (χ2n) is 12.6. The van der Waals surface area contributed by atoms with Crippen LogP contribution in [-0.4, -0.2) is 41.6 Å². The molecular weight excluding hydrogens is 532 g/mol. The van der Waals surface area contributed by atoms with E-state index in [1.807, 2.05) is 40.7 Å². The minimum Gasteiger partial charge on any atom is -0.371 e. The summed E-state index contributed by atoms with van der Waals surface area (Å²) >= 11 is 0. The van der Waals surface area contributed by atoms with E-state index in [0.717, 1.165) is 18.7 Å². The van der Waals surface area contributed by atoms with Crippen molar-refractivity contribution >= 4 is 28.9 Å². The molecule has 1 aliphatic rings. The molecule has 2 amide bonds. The Morgan fingerprint density at radius 3 is 1.88 bits per heavy atom. The molecule has 0 aliphatic carbocycles. The summed E-state index contributed by atoms with van der Waals surface area (Å²) in [4.78, 5) is 35.9. The molecule has 0 saturated heterocycles. The van der Waals surface area contributed by atoms with Gasteiger partial charge in [0.15, 0.2) is 0 Å². The van der Waals surface area contributed by atoms with Crippen LogP contribution >= 0.6 is 0 Å². The summed E-state index contributed by atoms with van der Waals surface area (Å²) in [6, 6.07) is 8.18. The van der Waals surface area contributed by atoms with Crippen molar-refractivity contribution in [1.29, 1.82) is 5.26 Å². The second kappa shape index (κ2) is 18.0. The number of aryl methyl sites for hydroxylation is 1. The van der Waals surface area contributed by atoms with E-state index in [9.17, 15) is 14.9 Å². The molecule has 0 radical (unpaired) electrons. The Balaban J connectivity index is 2.61. The van der Waals surface area contributed by atoms with Crippen LogP contribution in [0, 0.1) is 36.0 Å². The van der Waals surface area contributed by atoms with Crippen molar-refractivity contribution in [2.24, 2.45) is 22.7 Å². The third-order valence-corrected chi connectivity index (χ3v) is 9.45. The quantitative estimate of drug-likeness (QED) is 0.160. The van der Waals surface area contributed by atoms with Crippen LogP contribution in [0.3, 0.4) is 0 Å². The molecule has 1 aromatic rings. The number of unbranched alkanes of at least 4 members (excludes halogenated alkanes) is 2. The molecule has 1 aliphatic heterocycles. The predicted octanol–water partition coefficient (Wildman–Crippen LogP) is 9.34. The Morgan fingerprint density at radius 2 is 1.44 bits per heavy atom. The lowest BCUT2D eigenvalue weighted by Crippen LogP contribution is -2.51. The summed E-state index contributed by atoms with van der Waals surface area (Å²) in [6.07, 6.45) is 11.1. The topological polar surface area (TPSA) is 76.8 Å². The molecular formula is C37H58N4O2. The number of hydrogen-bond acceptors (Lipinski definition) is 5. The number of amides is 2. The van der Waals surface area contributed by atoms with Gasteiger partial charge in [0.2, 0.25) is 0 Å². The van der Waals surface area contributed by atoms with Gasteiger partial charge in [-0.25, -0.2) is 4.99 Å². The Hall–Kier alpha value is -2.94. The van der Waals surface area contributed by atoms with Crippen LogP contribution in [0.25, 0.3) is 0 Å². The SMILES string of the molecule is CCCCC(CC)CN(CC(CC)CCCC)c1ccc(N=C2C(=O)N(C(C)CC)C(=O)C(C#N)=C2C(C)CC)c(C)c1. The number of rotatable bonds is 18. The van der Waals surface area contributed by atoms with Crippen LogP contribution in [0.15, 0.2) is 34.3 Å². The van der Waals surface area contributed by atoms with Crippen LogP contribution in [0.4, 0.5) is 11.4 Å². The Bertz CT molecular complexity index is 1160. The molecule has 43 heavy (non-hydrogen) atoms. The van der Waals surface area contributed by atoms with Crippen molar-refractivity contribution in [1.82, 2.24) is 4.90 Å². The zero-order chi connectivity index (χ0) is 32.1. The minimum absolute atomic E-state index is 0.0452. The van der Waals surface area contributed by atoms with Gasteiger partial charge in [0.25, 0.3) is 11.8 Å². The number of nitrogens with zero attached hydrogens (tertiary/aromatic N) is 4. The van der Waals surface area contributed by atoms with Gasteiger partial charge in [-0.3, -0.25) is 14.5 Å². The monoisotopic (exact) mass is 590 g/mol. The maximum absolute atomic E-state index is 13.8. The predicted molar refractivity (Wildman–Crippen MR) is 181 cm³/mol. The highest BCUT2D eigenvalue weighted by Gasteiger charge is 2.41. The molecule has 6 heteroatoms. The van der Waals surface area contributed by atoms with Crippen LogP contribution in [0.1, 0.15) is 125 Å². The zero-order valence-corrected chi connectivity index (χ0v) is 28.6. The van der Waals surface area contributed by atoms with Crippen molar-refractivity contribution < 1.29 is 9.59 Å². The van der Waals surface area contributed by atoms with Crippen LogP contribution in [0.5, 0.6) is 0 Å². The number of carbonyl (C=O) groups excluding carboxylic acids is 2. The van der Waals surface area contributed by atoms with Gasteiger partial charge in [-0.1, -0.05) is 87.0 Å². The van der Waals surface area contributed by atoms with E-state index >= 15 is 0 Å². The number of hydrogen-bond donors (Lipinski definition) is 0. The van der Waals surface area contributed by atoms with Gasteiger partial charge >= 0.3 is 0 Å². The highest BCUT2D eigenvalue weighted by atomic mass is 16.2. The third kappa shape index (κ3) is 9.27. The highest BCUT2D eigenvalue weighted by molar-refractivity contribution is 6.51. The van der Waals surface area contributed by atoms with E-state index in [0.29, 0.717) is 35.9 Å². The van der Waals surface area contributed by atoms with E-state index in [4.69, 9.17) is 4.99 Å². The largest absolute Gasteiger partial charge is 0.371 e. The number of carbonyl (C=O) groups is 2. The fourth-order valence-electron chi connectivity index (χ4n) is 5.98. The summed E-state index contributed by atoms with van der Waals surface area (Å²) < 4.78 is 0. The van der Waals surface area contributed by atoms with Gasteiger partial charge in [-0.05, 0) is 81.0 Å². The zero-order valence-electron chi connectivity index (χ0n) is 28.6. The van der Waals surface area contributed by atoms with Crippen LogP contribution < -0.4 is 4.90 Å². The Labute approximate surface area is 262 Å². The summed E-state index contributed by atoms with van der Waals surface area (Å²) in [5.74, 6) is 0.266. The first-order valence-electron chi connectivity index (χ1n) is 17.1. The lowest BCUT2D eigenvalue weighted by Gasteiger charge is -2.33. The summed E-state index contributed by atoms with van der Waals surface area (Å²) in [7, 11) is 0. The van der Waals surface area contributed by atoms with E-state index in [-0.39, 0.29) is 23.2 Å². The van der Waals surface area contributed by atoms with Crippen LogP contribution in [0.2, 0.25) is 0 Å². The maximum atomic E-state index is 13.8. The number of anilines is 1. The molecule has 6 nitrogen and oxygen atoms in total. The maximum Gasteiger partial charge on any atom is 0.279 e. The van der Waals surface area contributed by atoms with Crippen molar-refractivity contribution in [3.63, 3.8) is 0 Å². The molecule has 238 valence electrons. The van der Waals surface area contributed by atoms with E-state index in [1.165, 1.54) is 62.0 Å². The molecule has 0 spiro atoms. The number of nitriles is 1. The fraction of sp³-hybridized carbons (Fsp3) is 0.676. The smallest absolute Gasteiger partial charge is 0.279 e. The standard InChI is InChI=1S/C37H58N4O2/c1-10-16-18-29(14-5)24-40(25-30(15-6)19-17-11-2)31-20-21-33(27(8)22-31)39-35-34(26(7)12-3)32(23-38)36(42)41(37(35)43)28(9)13-4/h20-22,26,28-30H,10-19,24-25H2,1-9H3. The number of benzene rings is 1. The molecule has 0 fully saturated rings. The first-order valence-corrected chi connectivity index (χ1v) is 17.1. The van der Waals surface area contributed by atoms with Crippen molar-refractivity contribution in [2.45, 2.75) is 133 Å². The highest BCUT2D eigenvalue weighted by Crippen LogP contribution is 2.33.